The molecule has 0 N–H and O–H groups in total. The molecule has 0 bridgehead atoms. The lowest BCUT2D eigenvalue weighted by molar-refractivity contribution is 0.383. The topological polar surface area (TPSA) is 84.2 Å². The summed E-state index contributed by atoms with van der Waals surface area (Å²) in [6.45, 7) is 5.49. The molecule has 1 saturated heterocycles. The molecule has 0 atom stereocenters. The monoisotopic (exact) mass is 432 g/mol. The Morgan fingerprint density at radius 2 is 1.72 bits per heavy atom. The third-order valence-corrected chi connectivity index (χ3v) is 7.20. The van der Waals surface area contributed by atoms with Crippen LogP contribution in [0.1, 0.15) is 11.4 Å². The molecule has 0 unspecified atom stereocenters. The average molecular weight is 433 g/mol. The van der Waals surface area contributed by atoms with Crippen molar-refractivity contribution >= 4 is 27.4 Å². The van der Waals surface area contributed by atoms with Crippen LogP contribution in [0.4, 0.5) is 5.82 Å². The first kappa shape index (κ1) is 19.8. The first-order valence-corrected chi connectivity index (χ1v) is 11.0. The van der Waals surface area contributed by atoms with Crippen LogP contribution in [0.2, 0.25) is 5.02 Å². The molecule has 1 fully saturated rings. The summed E-state index contributed by atoms with van der Waals surface area (Å²) in [5, 5.41) is 4.67. The first-order chi connectivity index (χ1) is 13.8. The molecule has 152 valence electrons. The van der Waals surface area contributed by atoms with Gasteiger partial charge in [-0.15, -0.1) is 0 Å². The van der Waals surface area contributed by atoms with Crippen molar-refractivity contribution in [1.82, 2.24) is 24.1 Å². The quantitative estimate of drug-likeness (QED) is 0.629. The Kier molecular flexibility index (Phi) is 5.28. The minimum absolute atomic E-state index is 0.223. The maximum atomic E-state index is 13.0. The number of nitrogens with zero attached hydrogens (tertiary/aromatic N) is 6. The predicted octanol–water partition coefficient (Wildman–Crippen LogP) is 2.44. The number of sulfonamides is 1. The molecule has 3 aromatic rings. The highest BCUT2D eigenvalue weighted by molar-refractivity contribution is 7.89. The molecule has 0 saturated carbocycles. The van der Waals surface area contributed by atoms with Gasteiger partial charge in [0, 0.05) is 49.7 Å². The Morgan fingerprint density at radius 1 is 1.00 bits per heavy atom. The lowest BCUT2D eigenvalue weighted by Crippen LogP contribution is -2.49. The summed E-state index contributed by atoms with van der Waals surface area (Å²) in [5.41, 5.74) is 0.850. The van der Waals surface area contributed by atoms with Crippen LogP contribution in [0.5, 0.6) is 0 Å². The number of aromatic nitrogens is 4. The van der Waals surface area contributed by atoms with Crippen molar-refractivity contribution in [2.45, 2.75) is 18.7 Å². The molecule has 29 heavy (non-hydrogen) atoms. The fourth-order valence-corrected chi connectivity index (χ4v) is 4.96. The second-order valence-electron chi connectivity index (χ2n) is 6.88. The molecule has 4 rings (SSSR count). The Balaban J connectivity index is 1.52. The van der Waals surface area contributed by atoms with Crippen molar-refractivity contribution in [3.05, 3.63) is 59.1 Å². The molecular formula is C19H21ClN6O2S. The van der Waals surface area contributed by atoms with Crippen LogP contribution >= 0.6 is 11.6 Å². The van der Waals surface area contributed by atoms with Gasteiger partial charge >= 0.3 is 0 Å². The van der Waals surface area contributed by atoms with Gasteiger partial charge in [0.1, 0.15) is 11.6 Å². The molecule has 1 aliphatic heterocycles. The van der Waals surface area contributed by atoms with Crippen molar-refractivity contribution in [2.75, 3.05) is 31.1 Å². The van der Waals surface area contributed by atoms with Crippen LogP contribution in [0.15, 0.2) is 47.6 Å². The van der Waals surface area contributed by atoms with E-state index in [9.17, 15) is 8.42 Å². The summed E-state index contributed by atoms with van der Waals surface area (Å²) in [6.07, 6.45) is 3.51. The van der Waals surface area contributed by atoms with Crippen LogP contribution in [0, 0.1) is 13.8 Å². The highest BCUT2D eigenvalue weighted by Crippen LogP contribution is 2.25. The van der Waals surface area contributed by atoms with E-state index < -0.39 is 10.0 Å². The number of anilines is 1. The van der Waals surface area contributed by atoms with E-state index in [0.717, 1.165) is 11.4 Å². The fraction of sp³-hybridized carbons (Fsp3) is 0.316. The number of hydrogen-bond donors (Lipinski definition) is 0. The molecule has 0 radical (unpaired) electrons. The summed E-state index contributed by atoms with van der Waals surface area (Å²) in [7, 11) is -3.58. The summed E-state index contributed by atoms with van der Waals surface area (Å²) in [5.74, 6) is 2.08. The predicted molar refractivity (Wildman–Crippen MR) is 111 cm³/mol. The number of rotatable bonds is 4. The van der Waals surface area contributed by atoms with Gasteiger partial charge in [0.05, 0.1) is 4.90 Å². The Hall–Kier alpha value is -2.49. The van der Waals surface area contributed by atoms with E-state index in [1.807, 2.05) is 32.2 Å². The molecule has 0 spiro atoms. The number of hydrogen-bond acceptors (Lipinski definition) is 6. The molecule has 10 heteroatoms. The van der Waals surface area contributed by atoms with Gasteiger partial charge in [0.25, 0.3) is 0 Å². The highest BCUT2D eigenvalue weighted by atomic mass is 35.5. The molecule has 1 aromatic carbocycles. The van der Waals surface area contributed by atoms with Gasteiger partial charge in [-0.3, -0.25) is 0 Å². The van der Waals surface area contributed by atoms with Crippen LogP contribution in [0.25, 0.3) is 5.82 Å². The first-order valence-electron chi connectivity index (χ1n) is 9.21. The Labute approximate surface area is 174 Å². The molecule has 2 aromatic heterocycles. The van der Waals surface area contributed by atoms with Crippen molar-refractivity contribution in [3.8, 4) is 5.82 Å². The van der Waals surface area contributed by atoms with Gasteiger partial charge in [0.15, 0.2) is 5.82 Å². The van der Waals surface area contributed by atoms with E-state index in [1.165, 1.54) is 10.4 Å². The van der Waals surface area contributed by atoms with E-state index in [0.29, 0.717) is 42.8 Å². The maximum absolute atomic E-state index is 13.0. The van der Waals surface area contributed by atoms with Crippen molar-refractivity contribution < 1.29 is 8.42 Å². The third-order valence-electron chi connectivity index (χ3n) is 4.89. The maximum Gasteiger partial charge on any atom is 0.243 e. The van der Waals surface area contributed by atoms with Gasteiger partial charge in [-0.25, -0.2) is 23.1 Å². The molecule has 8 nitrogen and oxygen atoms in total. The second-order valence-corrected chi connectivity index (χ2v) is 9.23. The minimum atomic E-state index is -3.58. The van der Waals surface area contributed by atoms with E-state index in [4.69, 9.17) is 11.6 Å². The average Bonchev–Trinajstić information content (AvgIpc) is 3.24. The number of halogens is 1. The Bertz CT molecular complexity index is 1130. The summed E-state index contributed by atoms with van der Waals surface area (Å²) in [6, 6.07) is 8.55. The third kappa shape index (κ3) is 3.98. The normalized spacial score (nSPS) is 15.6. The van der Waals surface area contributed by atoms with Gasteiger partial charge in [0.2, 0.25) is 10.0 Å². The second kappa shape index (κ2) is 7.74. The standard InChI is InChI=1S/C19H21ClN6O2S/c1-14-4-5-16(12-17(14)20)29(27,28)25-10-8-24(9-11-25)18-13-19(23-15(2)22-18)26-7-3-6-21-26/h3-7,12-13H,8-11H2,1-2H3. The smallest absolute Gasteiger partial charge is 0.243 e. The van der Waals surface area contributed by atoms with Crippen LogP contribution < -0.4 is 4.90 Å². The van der Waals surface area contributed by atoms with Crippen LogP contribution in [0.3, 0.4) is 0 Å². The lowest BCUT2D eigenvalue weighted by atomic mass is 10.2. The van der Waals surface area contributed by atoms with Gasteiger partial charge in [-0.05, 0) is 37.6 Å². The molecule has 1 aliphatic rings. The van der Waals surface area contributed by atoms with E-state index in [1.54, 1.807) is 23.0 Å². The summed E-state index contributed by atoms with van der Waals surface area (Å²) >= 11 is 6.12. The van der Waals surface area contributed by atoms with Gasteiger partial charge in [-0.1, -0.05) is 17.7 Å². The van der Waals surface area contributed by atoms with E-state index in [2.05, 4.69) is 20.0 Å². The highest BCUT2D eigenvalue weighted by Gasteiger charge is 2.29. The zero-order valence-electron chi connectivity index (χ0n) is 16.2. The SMILES string of the molecule is Cc1nc(N2CCN(S(=O)(=O)c3ccc(C)c(Cl)c3)CC2)cc(-n2cccn2)n1. The summed E-state index contributed by atoms with van der Waals surface area (Å²) < 4.78 is 29.1. The lowest BCUT2D eigenvalue weighted by Gasteiger charge is -2.34. The summed E-state index contributed by atoms with van der Waals surface area (Å²) in [4.78, 5) is 11.2. The van der Waals surface area contributed by atoms with Gasteiger partial charge < -0.3 is 4.90 Å². The van der Waals surface area contributed by atoms with Gasteiger partial charge in [-0.2, -0.15) is 9.40 Å². The minimum Gasteiger partial charge on any atom is -0.354 e. The van der Waals surface area contributed by atoms with Crippen molar-refractivity contribution in [3.63, 3.8) is 0 Å². The zero-order chi connectivity index (χ0) is 20.6. The Morgan fingerprint density at radius 3 is 2.38 bits per heavy atom. The van der Waals surface area contributed by atoms with E-state index >= 15 is 0 Å². The van der Waals surface area contributed by atoms with Crippen molar-refractivity contribution in [1.29, 1.82) is 0 Å². The zero-order valence-corrected chi connectivity index (χ0v) is 17.7. The van der Waals surface area contributed by atoms with Crippen LogP contribution in [-0.2, 0) is 10.0 Å². The number of benzene rings is 1. The molecule has 3 heterocycles. The molecular weight excluding hydrogens is 412 g/mol. The largest absolute Gasteiger partial charge is 0.354 e. The van der Waals surface area contributed by atoms with E-state index in [-0.39, 0.29) is 4.90 Å². The van der Waals surface area contributed by atoms with Crippen LogP contribution in [-0.4, -0.2) is 58.7 Å². The van der Waals surface area contributed by atoms with Crippen molar-refractivity contribution in [2.24, 2.45) is 0 Å². The number of piperazine rings is 1. The number of aryl methyl sites for hydroxylation is 2. The molecule has 0 amide bonds. The molecule has 0 aliphatic carbocycles. The fourth-order valence-electron chi connectivity index (χ4n) is 3.26.